The first-order valence-corrected chi connectivity index (χ1v) is 13.0. The first-order valence-electron chi connectivity index (χ1n) is 11.1. The summed E-state index contributed by atoms with van der Waals surface area (Å²) in [4.78, 5) is 4.99. The molecule has 1 heterocycles. The molecule has 0 saturated carbocycles. The average molecular weight is 500 g/mol. The Morgan fingerprint density at radius 3 is 2.06 bits per heavy atom. The molecule has 0 aliphatic carbocycles. The minimum absolute atomic E-state index is 0.219. The highest BCUT2D eigenvalue weighted by Gasteiger charge is 2.37. The van der Waals surface area contributed by atoms with Crippen molar-refractivity contribution in [2.45, 2.75) is 17.1 Å². The van der Waals surface area contributed by atoms with Gasteiger partial charge in [0.05, 0.1) is 4.90 Å². The van der Waals surface area contributed by atoms with E-state index in [0.717, 1.165) is 11.1 Å². The lowest BCUT2D eigenvalue weighted by Gasteiger charge is -2.18. The fourth-order valence-electron chi connectivity index (χ4n) is 4.02. The Balaban J connectivity index is 1.78. The summed E-state index contributed by atoms with van der Waals surface area (Å²) < 4.78 is 34.5. The number of hydrogen-bond acceptors (Lipinski definition) is 4. The van der Waals surface area contributed by atoms with Gasteiger partial charge in [0.2, 0.25) is 5.89 Å². The van der Waals surface area contributed by atoms with Gasteiger partial charge in [-0.15, -0.1) is 0 Å². The molecule has 174 valence electrons. The maximum absolute atomic E-state index is 14.1. The Bertz CT molecular complexity index is 1560. The van der Waals surface area contributed by atoms with Gasteiger partial charge in [0.1, 0.15) is 5.69 Å². The van der Waals surface area contributed by atoms with Crippen LogP contribution in [0.3, 0.4) is 0 Å². The van der Waals surface area contributed by atoms with Crippen molar-refractivity contribution < 1.29 is 12.8 Å². The van der Waals surface area contributed by atoms with E-state index in [-0.39, 0.29) is 10.7 Å². The third-order valence-electron chi connectivity index (χ3n) is 5.77. The third kappa shape index (κ3) is 4.65. The number of sulfone groups is 1. The zero-order valence-electron chi connectivity index (χ0n) is 18.9. The summed E-state index contributed by atoms with van der Waals surface area (Å²) in [5.41, 5.74) is 3.48. The molecule has 4 aromatic carbocycles. The molecule has 5 rings (SSSR count). The number of oxazole rings is 1. The van der Waals surface area contributed by atoms with Gasteiger partial charge in [-0.2, -0.15) is 0 Å². The Labute approximate surface area is 209 Å². The molecule has 0 N–H and O–H groups in total. The smallest absolute Gasteiger partial charge is 0.227 e. The van der Waals surface area contributed by atoms with Gasteiger partial charge in [-0.05, 0) is 42.8 Å². The van der Waals surface area contributed by atoms with Gasteiger partial charge in [0.25, 0.3) is 0 Å². The molecular formula is C29H22ClNO3S. The second-order valence-electron chi connectivity index (χ2n) is 8.26. The van der Waals surface area contributed by atoms with Gasteiger partial charge >= 0.3 is 0 Å². The zero-order chi connectivity index (χ0) is 24.4. The summed E-state index contributed by atoms with van der Waals surface area (Å²) in [6, 6.07) is 32.6. The Hall–Kier alpha value is -3.67. The number of benzene rings is 4. The predicted molar refractivity (Wildman–Crippen MR) is 139 cm³/mol. The monoisotopic (exact) mass is 499 g/mol. The molecule has 0 spiro atoms. The topological polar surface area (TPSA) is 60.2 Å². The van der Waals surface area contributed by atoms with E-state index < -0.39 is 15.1 Å². The summed E-state index contributed by atoms with van der Waals surface area (Å²) >= 11 is 6.22. The van der Waals surface area contributed by atoms with E-state index in [1.54, 1.807) is 54.6 Å². The maximum Gasteiger partial charge on any atom is 0.227 e. The first kappa shape index (κ1) is 23.1. The van der Waals surface area contributed by atoms with Crippen molar-refractivity contribution in [2.75, 3.05) is 0 Å². The Morgan fingerprint density at radius 1 is 0.771 bits per heavy atom. The molecular weight excluding hydrogens is 478 g/mol. The third-order valence-corrected chi connectivity index (χ3v) is 8.04. The molecule has 1 atom stereocenters. The summed E-state index contributed by atoms with van der Waals surface area (Å²) in [5, 5.41) is -0.558. The molecule has 1 aromatic heterocycles. The van der Waals surface area contributed by atoms with E-state index in [9.17, 15) is 8.42 Å². The lowest BCUT2D eigenvalue weighted by Crippen LogP contribution is -2.15. The number of aromatic nitrogens is 1. The maximum atomic E-state index is 14.1. The molecule has 0 saturated heterocycles. The number of nitrogens with zero attached hydrogens (tertiary/aromatic N) is 1. The van der Waals surface area contributed by atoms with Crippen molar-refractivity contribution in [3.8, 4) is 22.7 Å². The largest absolute Gasteiger partial charge is 0.439 e. The van der Waals surface area contributed by atoms with E-state index in [1.165, 1.54) is 0 Å². The quantitative estimate of drug-likeness (QED) is 0.242. The minimum Gasteiger partial charge on any atom is -0.439 e. The van der Waals surface area contributed by atoms with Gasteiger partial charge in [0, 0.05) is 16.1 Å². The van der Waals surface area contributed by atoms with Crippen molar-refractivity contribution in [2.24, 2.45) is 0 Å². The van der Waals surface area contributed by atoms with Gasteiger partial charge in [-0.1, -0.05) is 96.0 Å². The van der Waals surface area contributed by atoms with Crippen LogP contribution in [0.2, 0.25) is 5.02 Å². The van der Waals surface area contributed by atoms with Gasteiger partial charge in [-0.25, -0.2) is 13.4 Å². The molecule has 5 aromatic rings. The summed E-state index contributed by atoms with van der Waals surface area (Å²) in [6.07, 6.45) is 0. The van der Waals surface area contributed by atoms with Crippen molar-refractivity contribution in [3.05, 3.63) is 131 Å². The fraction of sp³-hybridized carbons (Fsp3) is 0.0690. The van der Waals surface area contributed by atoms with Crippen LogP contribution in [0.1, 0.15) is 22.1 Å². The lowest BCUT2D eigenvalue weighted by atomic mass is 10.0. The van der Waals surface area contributed by atoms with Crippen molar-refractivity contribution in [1.82, 2.24) is 4.98 Å². The zero-order valence-corrected chi connectivity index (χ0v) is 20.5. The highest BCUT2D eigenvalue weighted by atomic mass is 35.5. The molecule has 4 nitrogen and oxygen atoms in total. The molecule has 35 heavy (non-hydrogen) atoms. The SMILES string of the molecule is Cc1ccc(S(=O)(=O)C(c2ccccc2)c2oc(-c3cccc(Cl)c3)nc2-c2ccccc2)cc1. The van der Waals surface area contributed by atoms with Gasteiger partial charge < -0.3 is 4.42 Å². The molecule has 0 aliphatic rings. The number of rotatable bonds is 6. The summed E-state index contributed by atoms with van der Waals surface area (Å²) in [7, 11) is -3.89. The second-order valence-corrected chi connectivity index (χ2v) is 10.7. The molecule has 6 heteroatoms. The van der Waals surface area contributed by atoms with E-state index in [1.807, 2.05) is 61.5 Å². The van der Waals surface area contributed by atoms with Gasteiger partial charge in [0.15, 0.2) is 20.8 Å². The number of halogens is 1. The van der Waals surface area contributed by atoms with Gasteiger partial charge in [-0.3, -0.25) is 0 Å². The van der Waals surface area contributed by atoms with Crippen LogP contribution in [0.5, 0.6) is 0 Å². The molecule has 1 unspecified atom stereocenters. The van der Waals surface area contributed by atoms with Crippen LogP contribution in [0.25, 0.3) is 22.7 Å². The van der Waals surface area contributed by atoms with Crippen LogP contribution < -0.4 is 0 Å². The first-order chi connectivity index (χ1) is 16.9. The van der Waals surface area contributed by atoms with E-state index in [0.29, 0.717) is 27.7 Å². The second kappa shape index (κ2) is 9.53. The molecule has 0 bridgehead atoms. The molecule has 0 radical (unpaired) electrons. The van der Waals surface area contributed by atoms with Crippen molar-refractivity contribution in [3.63, 3.8) is 0 Å². The summed E-state index contributed by atoms with van der Waals surface area (Å²) in [5.74, 6) is 0.569. The predicted octanol–water partition coefficient (Wildman–Crippen LogP) is 7.53. The number of aryl methyl sites for hydroxylation is 1. The van der Waals surface area contributed by atoms with Crippen LogP contribution in [0, 0.1) is 6.92 Å². The highest BCUT2D eigenvalue weighted by Crippen LogP contribution is 2.42. The Morgan fingerprint density at radius 2 is 1.40 bits per heavy atom. The van der Waals surface area contributed by atoms with Crippen LogP contribution >= 0.6 is 11.6 Å². The standard InChI is InChI=1S/C29H22ClNO3S/c1-20-15-17-25(18-16-20)35(32,33)28(22-11-6-3-7-12-22)27-26(21-9-4-2-5-10-21)31-29(34-27)23-13-8-14-24(30)19-23/h2-19,28H,1H3. The fourth-order valence-corrected chi connectivity index (χ4v) is 5.96. The van der Waals surface area contributed by atoms with Crippen LogP contribution in [-0.4, -0.2) is 13.4 Å². The summed E-state index contributed by atoms with van der Waals surface area (Å²) in [6.45, 7) is 1.92. The van der Waals surface area contributed by atoms with E-state index in [4.69, 9.17) is 21.0 Å². The van der Waals surface area contributed by atoms with Crippen LogP contribution in [0.15, 0.2) is 119 Å². The Kier molecular flexibility index (Phi) is 6.29. The highest BCUT2D eigenvalue weighted by molar-refractivity contribution is 7.91. The van der Waals surface area contributed by atoms with Crippen molar-refractivity contribution in [1.29, 1.82) is 0 Å². The molecule has 0 aliphatic heterocycles. The van der Waals surface area contributed by atoms with E-state index in [2.05, 4.69) is 0 Å². The van der Waals surface area contributed by atoms with Crippen LogP contribution in [-0.2, 0) is 9.84 Å². The normalized spacial score (nSPS) is 12.4. The van der Waals surface area contributed by atoms with E-state index >= 15 is 0 Å². The molecule has 0 amide bonds. The average Bonchev–Trinajstić information content (AvgIpc) is 3.30. The minimum atomic E-state index is -3.89. The van der Waals surface area contributed by atoms with Crippen LogP contribution in [0.4, 0.5) is 0 Å². The lowest BCUT2D eigenvalue weighted by molar-refractivity contribution is 0.513. The van der Waals surface area contributed by atoms with Crippen molar-refractivity contribution >= 4 is 21.4 Å². The number of hydrogen-bond donors (Lipinski definition) is 0. The molecule has 0 fully saturated rings.